The molecule has 1 saturated carbocycles. The quantitative estimate of drug-likeness (QED) is 0.669. The first-order valence-electron chi connectivity index (χ1n) is 10.8. The van der Waals surface area contributed by atoms with Crippen molar-refractivity contribution in [3.63, 3.8) is 0 Å². The molecule has 9 heteroatoms. The summed E-state index contributed by atoms with van der Waals surface area (Å²) in [7, 11) is 0. The van der Waals surface area contributed by atoms with Gasteiger partial charge in [-0.1, -0.05) is 6.07 Å². The van der Waals surface area contributed by atoms with Gasteiger partial charge < -0.3 is 15.0 Å². The molecule has 178 valence electrons. The van der Waals surface area contributed by atoms with E-state index >= 15 is 0 Å². The van der Waals surface area contributed by atoms with Crippen LogP contribution in [0.2, 0.25) is 0 Å². The number of hydrogen-bond acceptors (Lipinski definition) is 4. The zero-order valence-corrected chi connectivity index (χ0v) is 19.8. The Balaban J connectivity index is 1.73. The Labute approximate surface area is 191 Å². The zero-order valence-electron chi connectivity index (χ0n) is 19.0. The summed E-state index contributed by atoms with van der Waals surface area (Å²) < 4.78 is 44.8. The number of alkyl carbamates (subject to hydrolysis) is 1. The molecule has 2 aliphatic rings. The Morgan fingerprint density at radius 2 is 1.97 bits per heavy atom. The predicted molar refractivity (Wildman–Crippen MR) is 118 cm³/mol. The van der Waals surface area contributed by atoms with E-state index in [2.05, 4.69) is 5.32 Å². The highest BCUT2D eigenvalue weighted by Crippen LogP contribution is 2.43. The van der Waals surface area contributed by atoms with Gasteiger partial charge in [0.2, 0.25) is 5.91 Å². The second-order valence-corrected chi connectivity index (χ2v) is 10.6. The summed E-state index contributed by atoms with van der Waals surface area (Å²) in [6.07, 6.45) is -0.654. The molecule has 1 fully saturated rings. The highest BCUT2D eigenvalue weighted by Gasteiger charge is 2.48. The molecule has 5 nitrogen and oxygen atoms in total. The van der Waals surface area contributed by atoms with Crippen molar-refractivity contribution in [1.29, 1.82) is 0 Å². The normalized spacial score (nSPS) is 23.6. The van der Waals surface area contributed by atoms with E-state index in [1.807, 2.05) is 6.26 Å². The summed E-state index contributed by atoms with van der Waals surface area (Å²) >= 11 is 1.57. The average Bonchev–Trinajstić information content (AvgIpc) is 3.08. The lowest BCUT2D eigenvalue weighted by molar-refractivity contribution is -0.141. The summed E-state index contributed by atoms with van der Waals surface area (Å²) in [5.74, 6) is 0.563. The molecule has 1 aromatic carbocycles. The second-order valence-electron chi connectivity index (χ2n) is 9.76. The fourth-order valence-corrected chi connectivity index (χ4v) is 5.57. The van der Waals surface area contributed by atoms with E-state index in [4.69, 9.17) is 4.74 Å². The van der Waals surface area contributed by atoms with Crippen molar-refractivity contribution in [2.24, 2.45) is 5.41 Å². The number of carbonyl (C=O) groups excluding carboxylic acids is 2. The number of halogens is 3. The summed E-state index contributed by atoms with van der Waals surface area (Å²) in [6, 6.07) is 3.62. The number of benzene rings is 1. The van der Waals surface area contributed by atoms with Gasteiger partial charge in [-0.25, -0.2) is 4.79 Å². The van der Waals surface area contributed by atoms with E-state index < -0.39 is 28.8 Å². The summed E-state index contributed by atoms with van der Waals surface area (Å²) in [5.41, 5.74) is -0.521. The van der Waals surface area contributed by atoms with Crippen molar-refractivity contribution in [2.75, 3.05) is 18.6 Å². The molecule has 0 aromatic heterocycles. The zero-order chi connectivity index (χ0) is 23.7. The number of carbonyl (C=O) groups is 2. The molecule has 2 atom stereocenters. The highest BCUT2D eigenvalue weighted by atomic mass is 32.2. The molecule has 0 bridgehead atoms. The molecule has 1 aliphatic carbocycles. The van der Waals surface area contributed by atoms with Crippen molar-refractivity contribution in [3.05, 3.63) is 34.9 Å². The smallest absolute Gasteiger partial charge is 0.416 e. The molecule has 32 heavy (non-hydrogen) atoms. The molecule has 0 radical (unpaired) electrons. The third-order valence-electron chi connectivity index (χ3n) is 6.04. The second kappa shape index (κ2) is 9.15. The molecular weight excluding hydrogens is 441 g/mol. The fourth-order valence-electron chi connectivity index (χ4n) is 4.63. The number of thioether (sulfide) groups is 1. The van der Waals surface area contributed by atoms with E-state index in [0.29, 0.717) is 43.5 Å². The largest absolute Gasteiger partial charge is 0.444 e. The first kappa shape index (κ1) is 24.7. The number of nitrogens with zero attached hydrogens (tertiary/aromatic N) is 1. The SMILES string of the molecule is CSC[C@]1(C(=O)N2CCc3ccc(C(F)(F)F)cc3C2)CC[C@@H](NC(=O)OC(C)(C)C)C1. The van der Waals surface area contributed by atoms with Crippen LogP contribution in [0, 0.1) is 5.41 Å². The Morgan fingerprint density at radius 3 is 2.59 bits per heavy atom. The molecule has 1 aromatic rings. The average molecular weight is 473 g/mol. The topological polar surface area (TPSA) is 58.6 Å². The number of hydrogen-bond donors (Lipinski definition) is 1. The van der Waals surface area contributed by atoms with Gasteiger partial charge in [0.15, 0.2) is 0 Å². The van der Waals surface area contributed by atoms with E-state index in [1.54, 1.807) is 37.4 Å². The third-order valence-corrected chi connectivity index (χ3v) is 6.88. The Kier molecular flexibility index (Phi) is 7.08. The van der Waals surface area contributed by atoms with Crippen LogP contribution in [0.3, 0.4) is 0 Å². The van der Waals surface area contributed by atoms with Gasteiger partial charge in [-0.2, -0.15) is 24.9 Å². The number of fused-ring (bicyclic) bond motifs is 1. The molecule has 1 aliphatic heterocycles. The Hall–Kier alpha value is -1.90. The molecule has 2 amide bonds. The van der Waals surface area contributed by atoms with Gasteiger partial charge in [-0.15, -0.1) is 0 Å². The molecule has 1 heterocycles. The maximum absolute atomic E-state index is 13.6. The standard InChI is InChI=1S/C23H31F3N2O3S/c1-21(2,3)31-20(30)27-18-7-9-22(12-18,14-32-4)19(29)28-10-8-15-5-6-17(23(24,25)26)11-16(15)13-28/h5-6,11,18H,7-10,12-14H2,1-4H3,(H,27,30)/t18-,22+/m1/s1. The molecule has 3 rings (SSSR count). The minimum absolute atomic E-state index is 0.0385. The molecule has 0 saturated heterocycles. The van der Waals surface area contributed by atoms with E-state index in [1.165, 1.54) is 6.07 Å². The molecular formula is C23H31F3N2O3S. The fraction of sp³-hybridized carbons (Fsp3) is 0.652. The first-order valence-corrected chi connectivity index (χ1v) is 12.2. The number of rotatable bonds is 4. The van der Waals surface area contributed by atoms with Gasteiger partial charge in [-0.3, -0.25) is 4.79 Å². The molecule has 0 spiro atoms. The van der Waals surface area contributed by atoms with Crippen LogP contribution in [0.1, 0.15) is 56.7 Å². The first-order chi connectivity index (χ1) is 14.8. The van der Waals surface area contributed by atoms with Crippen LogP contribution in [0.5, 0.6) is 0 Å². The number of alkyl halides is 3. The maximum Gasteiger partial charge on any atom is 0.416 e. The van der Waals surface area contributed by atoms with Crippen molar-refractivity contribution < 1.29 is 27.5 Å². The van der Waals surface area contributed by atoms with E-state index in [-0.39, 0.29) is 18.5 Å². The van der Waals surface area contributed by atoms with E-state index in [9.17, 15) is 22.8 Å². The van der Waals surface area contributed by atoms with Gasteiger partial charge in [0.05, 0.1) is 11.0 Å². The van der Waals surface area contributed by atoms with Crippen LogP contribution in [0.15, 0.2) is 18.2 Å². The lowest BCUT2D eigenvalue weighted by Gasteiger charge is -2.37. The minimum Gasteiger partial charge on any atom is -0.444 e. The highest BCUT2D eigenvalue weighted by molar-refractivity contribution is 7.98. The van der Waals surface area contributed by atoms with Gasteiger partial charge in [-0.05, 0) is 76.0 Å². The number of amides is 2. The van der Waals surface area contributed by atoms with Crippen molar-refractivity contribution in [1.82, 2.24) is 10.2 Å². The van der Waals surface area contributed by atoms with Crippen molar-refractivity contribution >= 4 is 23.8 Å². The van der Waals surface area contributed by atoms with Gasteiger partial charge in [0, 0.05) is 24.9 Å². The van der Waals surface area contributed by atoms with E-state index in [0.717, 1.165) is 17.7 Å². The van der Waals surface area contributed by atoms with Crippen LogP contribution in [0.4, 0.5) is 18.0 Å². The Bertz CT molecular complexity index is 869. The third kappa shape index (κ3) is 5.71. The lowest BCUT2D eigenvalue weighted by Crippen LogP contribution is -2.47. The number of ether oxygens (including phenoxy) is 1. The van der Waals surface area contributed by atoms with Crippen LogP contribution in [0.25, 0.3) is 0 Å². The Morgan fingerprint density at radius 1 is 1.25 bits per heavy atom. The summed E-state index contributed by atoms with van der Waals surface area (Å²) in [6.45, 7) is 6.04. The van der Waals surface area contributed by atoms with Crippen molar-refractivity contribution in [2.45, 2.75) is 70.8 Å². The van der Waals surface area contributed by atoms with Crippen LogP contribution >= 0.6 is 11.8 Å². The molecule has 0 unspecified atom stereocenters. The molecule has 1 N–H and O–H groups in total. The van der Waals surface area contributed by atoms with Gasteiger partial charge in [0.25, 0.3) is 0 Å². The maximum atomic E-state index is 13.6. The lowest BCUT2D eigenvalue weighted by atomic mass is 9.85. The summed E-state index contributed by atoms with van der Waals surface area (Å²) in [5, 5.41) is 2.88. The summed E-state index contributed by atoms with van der Waals surface area (Å²) in [4.78, 5) is 27.5. The monoisotopic (exact) mass is 472 g/mol. The van der Waals surface area contributed by atoms with Gasteiger partial charge in [0.1, 0.15) is 5.60 Å². The van der Waals surface area contributed by atoms with Crippen LogP contribution < -0.4 is 5.32 Å². The van der Waals surface area contributed by atoms with Crippen LogP contribution in [-0.4, -0.2) is 47.1 Å². The van der Waals surface area contributed by atoms with Crippen LogP contribution in [-0.2, 0) is 28.7 Å². The minimum atomic E-state index is -4.41. The number of nitrogens with one attached hydrogen (secondary N) is 1. The van der Waals surface area contributed by atoms with Gasteiger partial charge >= 0.3 is 12.3 Å². The van der Waals surface area contributed by atoms with Crippen molar-refractivity contribution in [3.8, 4) is 0 Å². The predicted octanol–water partition coefficient (Wildman–Crippen LogP) is 5.02.